The number of nitrogens with zero attached hydrogens (tertiary/aromatic N) is 1. The molecule has 0 aromatic heterocycles. The molecule has 0 fully saturated rings. The van der Waals surface area contributed by atoms with Crippen LogP contribution < -0.4 is 4.90 Å². The van der Waals surface area contributed by atoms with E-state index < -0.39 is 0 Å². The first-order chi connectivity index (χ1) is 8.76. The Hall–Kier alpha value is -2.09. The number of hydrogen-bond donors (Lipinski definition) is 0. The van der Waals surface area contributed by atoms with Gasteiger partial charge in [-0.15, -0.1) is 0 Å². The van der Waals surface area contributed by atoms with E-state index in [0.717, 1.165) is 29.8 Å². The molecule has 0 aliphatic carbocycles. The van der Waals surface area contributed by atoms with Gasteiger partial charge in [0.05, 0.1) is 5.69 Å². The Morgan fingerprint density at radius 2 is 1.72 bits per heavy atom. The molecule has 2 aromatic carbocycles. The quantitative estimate of drug-likeness (QED) is 0.752. The van der Waals surface area contributed by atoms with Crippen molar-refractivity contribution in [1.82, 2.24) is 0 Å². The molecule has 0 saturated heterocycles. The summed E-state index contributed by atoms with van der Waals surface area (Å²) in [6.45, 7) is 4.98. The summed E-state index contributed by atoms with van der Waals surface area (Å²) < 4.78 is 0. The van der Waals surface area contributed by atoms with Gasteiger partial charge < -0.3 is 4.90 Å². The normalized spacial score (nSPS) is 10.1. The van der Waals surface area contributed by atoms with Gasteiger partial charge in [-0.3, -0.25) is 4.79 Å². The Morgan fingerprint density at radius 1 is 1.06 bits per heavy atom. The number of hydrogen-bond acceptors (Lipinski definition) is 2. The average Bonchev–Trinajstić information content (AvgIpc) is 2.42. The Balaban J connectivity index is 2.45. The molecule has 0 heterocycles. The molecule has 92 valence electrons. The number of benzene rings is 2. The van der Waals surface area contributed by atoms with Crippen LogP contribution in [-0.2, 0) is 0 Å². The maximum Gasteiger partial charge on any atom is 0.152 e. The Kier molecular flexibility index (Phi) is 3.78. The van der Waals surface area contributed by atoms with Crippen LogP contribution in [0, 0.1) is 6.92 Å². The summed E-state index contributed by atoms with van der Waals surface area (Å²) >= 11 is 0. The maximum atomic E-state index is 11.1. The average molecular weight is 239 g/mol. The van der Waals surface area contributed by atoms with E-state index in [-0.39, 0.29) is 0 Å². The molecule has 0 radical (unpaired) electrons. The van der Waals surface area contributed by atoms with Crippen LogP contribution in [0.15, 0.2) is 48.5 Å². The van der Waals surface area contributed by atoms with Crippen LogP contribution in [0.2, 0.25) is 0 Å². The van der Waals surface area contributed by atoms with Crippen LogP contribution in [0.25, 0.3) is 0 Å². The topological polar surface area (TPSA) is 20.3 Å². The van der Waals surface area contributed by atoms with E-state index in [2.05, 4.69) is 43.0 Å². The molecular formula is C16H17NO. The van der Waals surface area contributed by atoms with Crippen molar-refractivity contribution < 1.29 is 4.79 Å². The van der Waals surface area contributed by atoms with Crippen molar-refractivity contribution in [3.63, 3.8) is 0 Å². The number of carbonyl (C=O) groups excluding carboxylic acids is 1. The lowest BCUT2D eigenvalue weighted by atomic mass is 10.1. The van der Waals surface area contributed by atoms with Crippen molar-refractivity contribution >= 4 is 17.7 Å². The Bertz CT molecular complexity index is 531. The van der Waals surface area contributed by atoms with E-state index in [9.17, 15) is 4.79 Å². The third-order valence-electron chi connectivity index (χ3n) is 3.02. The van der Waals surface area contributed by atoms with Crippen LogP contribution >= 0.6 is 0 Å². The molecule has 2 heteroatoms. The minimum Gasteiger partial charge on any atom is -0.341 e. The lowest BCUT2D eigenvalue weighted by Gasteiger charge is -2.24. The fourth-order valence-electron chi connectivity index (χ4n) is 2.05. The van der Waals surface area contributed by atoms with Gasteiger partial charge in [0.25, 0.3) is 0 Å². The van der Waals surface area contributed by atoms with Gasteiger partial charge in [-0.2, -0.15) is 0 Å². The molecule has 0 bridgehead atoms. The molecule has 0 spiro atoms. The van der Waals surface area contributed by atoms with Gasteiger partial charge in [0.15, 0.2) is 6.29 Å². The molecular weight excluding hydrogens is 222 g/mol. The molecule has 18 heavy (non-hydrogen) atoms. The Labute approximate surface area is 108 Å². The zero-order chi connectivity index (χ0) is 13.0. The summed E-state index contributed by atoms with van der Waals surface area (Å²) in [6, 6.07) is 16.0. The summed E-state index contributed by atoms with van der Waals surface area (Å²) in [7, 11) is 0. The first-order valence-corrected chi connectivity index (χ1v) is 6.14. The van der Waals surface area contributed by atoms with Crippen molar-refractivity contribution in [2.24, 2.45) is 0 Å². The first-order valence-electron chi connectivity index (χ1n) is 6.14. The summed E-state index contributed by atoms with van der Waals surface area (Å²) in [5.74, 6) is 0. The smallest absolute Gasteiger partial charge is 0.152 e. The molecule has 2 aromatic rings. The fourth-order valence-corrected chi connectivity index (χ4v) is 2.05. The standard InChI is InChI=1S/C16H17NO/c1-3-17(15-10-8-13(2)9-11-15)16-7-5-4-6-14(16)12-18/h4-12H,3H2,1-2H3. The van der Waals surface area contributed by atoms with Gasteiger partial charge in [0, 0.05) is 17.8 Å². The number of aryl methyl sites for hydroxylation is 1. The Morgan fingerprint density at radius 3 is 2.33 bits per heavy atom. The molecule has 2 nitrogen and oxygen atoms in total. The van der Waals surface area contributed by atoms with E-state index in [4.69, 9.17) is 0 Å². The van der Waals surface area contributed by atoms with Crippen LogP contribution in [0.3, 0.4) is 0 Å². The lowest BCUT2D eigenvalue weighted by molar-refractivity contribution is 0.112. The molecule has 0 aliphatic heterocycles. The molecule has 2 rings (SSSR count). The minimum atomic E-state index is 0.722. The highest BCUT2D eigenvalue weighted by Gasteiger charge is 2.10. The fraction of sp³-hybridized carbons (Fsp3) is 0.188. The number of rotatable bonds is 4. The number of aldehydes is 1. The highest BCUT2D eigenvalue weighted by Crippen LogP contribution is 2.27. The van der Waals surface area contributed by atoms with Crippen molar-refractivity contribution in [1.29, 1.82) is 0 Å². The summed E-state index contributed by atoms with van der Waals surface area (Å²) in [5, 5.41) is 0. The van der Waals surface area contributed by atoms with E-state index in [1.165, 1.54) is 5.56 Å². The number of anilines is 2. The van der Waals surface area contributed by atoms with E-state index in [1.807, 2.05) is 24.3 Å². The van der Waals surface area contributed by atoms with E-state index >= 15 is 0 Å². The number of carbonyl (C=O) groups is 1. The second-order valence-electron chi connectivity index (χ2n) is 4.26. The van der Waals surface area contributed by atoms with Gasteiger partial charge in [-0.05, 0) is 38.1 Å². The zero-order valence-corrected chi connectivity index (χ0v) is 10.8. The maximum absolute atomic E-state index is 11.1. The molecule has 0 atom stereocenters. The molecule has 0 N–H and O–H groups in total. The molecule has 0 saturated carbocycles. The summed E-state index contributed by atoms with van der Waals surface area (Å²) in [6.07, 6.45) is 0.909. The highest BCUT2D eigenvalue weighted by molar-refractivity contribution is 5.86. The monoisotopic (exact) mass is 239 g/mol. The molecule has 0 unspecified atom stereocenters. The third-order valence-corrected chi connectivity index (χ3v) is 3.02. The summed E-state index contributed by atoms with van der Waals surface area (Å²) in [4.78, 5) is 13.2. The van der Waals surface area contributed by atoms with Crippen LogP contribution in [0.1, 0.15) is 22.8 Å². The predicted molar refractivity (Wildman–Crippen MR) is 75.7 cm³/mol. The number of para-hydroxylation sites is 1. The van der Waals surface area contributed by atoms with Crippen molar-refractivity contribution in [2.45, 2.75) is 13.8 Å². The molecule has 0 amide bonds. The first kappa shape index (κ1) is 12.4. The zero-order valence-electron chi connectivity index (χ0n) is 10.8. The van der Waals surface area contributed by atoms with Crippen molar-refractivity contribution in [2.75, 3.05) is 11.4 Å². The minimum absolute atomic E-state index is 0.722. The van der Waals surface area contributed by atoms with Crippen LogP contribution in [-0.4, -0.2) is 12.8 Å². The predicted octanol–water partition coefficient (Wildman–Crippen LogP) is 3.97. The SMILES string of the molecule is CCN(c1ccc(C)cc1)c1ccccc1C=O. The van der Waals surface area contributed by atoms with Gasteiger partial charge in [-0.25, -0.2) is 0 Å². The van der Waals surface area contributed by atoms with Gasteiger partial charge >= 0.3 is 0 Å². The van der Waals surface area contributed by atoms with Gasteiger partial charge in [0.1, 0.15) is 0 Å². The second-order valence-corrected chi connectivity index (χ2v) is 4.26. The second kappa shape index (κ2) is 5.50. The van der Waals surface area contributed by atoms with Crippen molar-refractivity contribution in [3.05, 3.63) is 59.7 Å². The van der Waals surface area contributed by atoms with Crippen LogP contribution in [0.5, 0.6) is 0 Å². The van der Waals surface area contributed by atoms with Gasteiger partial charge in [0.2, 0.25) is 0 Å². The molecule has 0 aliphatic rings. The van der Waals surface area contributed by atoms with E-state index in [1.54, 1.807) is 0 Å². The largest absolute Gasteiger partial charge is 0.341 e. The van der Waals surface area contributed by atoms with Crippen molar-refractivity contribution in [3.8, 4) is 0 Å². The lowest BCUT2D eigenvalue weighted by Crippen LogP contribution is -2.17. The third kappa shape index (κ3) is 2.43. The van der Waals surface area contributed by atoms with E-state index in [0.29, 0.717) is 0 Å². The van der Waals surface area contributed by atoms with Crippen LogP contribution in [0.4, 0.5) is 11.4 Å². The van der Waals surface area contributed by atoms with Gasteiger partial charge in [-0.1, -0.05) is 29.8 Å². The highest BCUT2D eigenvalue weighted by atomic mass is 16.1. The summed E-state index contributed by atoms with van der Waals surface area (Å²) in [5.41, 5.74) is 4.02.